The Morgan fingerprint density at radius 3 is 3.00 bits per heavy atom. The van der Waals surface area contributed by atoms with E-state index >= 15 is 0 Å². The molecule has 15 heavy (non-hydrogen) atoms. The van der Waals surface area contributed by atoms with E-state index < -0.39 is 0 Å². The van der Waals surface area contributed by atoms with Crippen molar-refractivity contribution in [3.63, 3.8) is 0 Å². The predicted molar refractivity (Wildman–Crippen MR) is 65.1 cm³/mol. The van der Waals surface area contributed by atoms with Crippen molar-refractivity contribution in [3.05, 3.63) is 12.2 Å². The summed E-state index contributed by atoms with van der Waals surface area (Å²) < 4.78 is 0. The first-order chi connectivity index (χ1) is 7.40. The minimum Gasteiger partial charge on any atom is -0.313 e. The van der Waals surface area contributed by atoms with Gasteiger partial charge in [-0.25, -0.2) is 0 Å². The Morgan fingerprint density at radius 2 is 2.27 bits per heavy atom. The summed E-state index contributed by atoms with van der Waals surface area (Å²) in [5, 5.41) is 3.64. The van der Waals surface area contributed by atoms with Crippen molar-refractivity contribution in [1.29, 1.82) is 0 Å². The second kappa shape index (κ2) is 5.66. The Bertz CT molecular complexity index is 213. The van der Waals surface area contributed by atoms with Crippen molar-refractivity contribution >= 4 is 0 Å². The number of hydrogen-bond acceptors (Lipinski definition) is 2. The first-order valence-electron chi connectivity index (χ1n) is 6.52. The summed E-state index contributed by atoms with van der Waals surface area (Å²) in [6.45, 7) is 6.01. The SMILES string of the molecule is CCCNC1CCN(C2CC=CCC2)C1. The molecule has 0 aromatic carbocycles. The van der Waals surface area contributed by atoms with E-state index in [9.17, 15) is 0 Å². The summed E-state index contributed by atoms with van der Waals surface area (Å²) in [5.74, 6) is 0. The molecule has 0 spiro atoms. The lowest BCUT2D eigenvalue weighted by Crippen LogP contribution is -2.38. The van der Waals surface area contributed by atoms with Crippen LogP contribution in [0.3, 0.4) is 0 Å². The van der Waals surface area contributed by atoms with Gasteiger partial charge in [-0.15, -0.1) is 0 Å². The zero-order chi connectivity index (χ0) is 10.5. The molecular weight excluding hydrogens is 184 g/mol. The van der Waals surface area contributed by atoms with Gasteiger partial charge in [0.15, 0.2) is 0 Å². The van der Waals surface area contributed by atoms with Gasteiger partial charge in [-0.2, -0.15) is 0 Å². The van der Waals surface area contributed by atoms with Crippen molar-refractivity contribution in [2.45, 2.75) is 51.1 Å². The standard InChI is InChI=1S/C13H24N2/c1-2-9-14-12-8-10-15(11-12)13-6-4-3-5-7-13/h3-4,12-14H,2,5-11H2,1H3. The molecule has 2 nitrogen and oxygen atoms in total. The number of rotatable bonds is 4. The summed E-state index contributed by atoms with van der Waals surface area (Å²) in [6.07, 6.45) is 11.2. The second-order valence-corrected chi connectivity index (χ2v) is 4.87. The monoisotopic (exact) mass is 208 g/mol. The molecule has 0 saturated carbocycles. The van der Waals surface area contributed by atoms with Gasteiger partial charge in [0, 0.05) is 25.2 Å². The molecule has 2 heteroatoms. The second-order valence-electron chi connectivity index (χ2n) is 4.87. The van der Waals surface area contributed by atoms with Crippen LogP contribution in [-0.2, 0) is 0 Å². The average Bonchev–Trinajstić information content (AvgIpc) is 2.76. The lowest BCUT2D eigenvalue weighted by Gasteiger charge is -2.28. The first kappa shape index (κ1) is 11.2. The minimum atomic E-state index is 0.760. The van der Waals surface area contributed by atoms with Crippen molar-refractivity contribution in [3.8, 4) is 0 Å². The molecule has 1 aliphatic carbocycles. The quantitative estimate of drug-likeness (QED) is 0.712. The molecule has 86 valence electrons. The summed E-state index contributed by atoms with van der Waals surface area (Å²) in [7, 11) is 0. The summed E-state index contributed by atoms with van der Waals surface area (Å²) >= 11 is 0. The topological polar surface area (TPSA) is 15.3 Å². The smallest absolute Gasteiger partial charge is 0.0207 e. The third-order valence-corrected chi connectivity index (χ3v) is 3.66. The fourth-order valence-corrected chi connectivity index (χ4v) is 2.74. The Balaban J connectivity index is 1.74. The maximum absolute atomic E-state index is 3.64. The summed E-state index contributed by atoms with van der Waals surface area (Å²) in [4.78, 5) is 2.69. The molecule has 0 aromatic heterocycles. The summed E-state index contributed by atoms with van der Waals surface area (Å²) in [5.41, 5.74) is 0. The molecule has 1 N–H and O–H groups in total. The fourth-order valence-electron chi connectivity index (χ4n) is 2.74. The molecule has 2 rings (SSSR count). The van der Waals surface area contributed by atoms with E-state index in [0.717, 1.165) is 12.1 Å². The zero-order valence-corrected chi connectivity index (χ0v) is 9.91. The normalized spacial score (nSPS) is 32.3. The Kier molecular flexibility index (Phi) is 4.21. The molecule has 2 atom stereocenters. The van der Waals surface area contributed by atoms with Crippen LogP contribution in [0.25, 0.3) is 0 Å². The van der Waals surface area contributed by atoms with E-state index in [4.69, 9.17) is 0 Å². The molecule has 0 radical (unpaired) electrons. The lowest BCUT2D eigenvalue weighted by atomic mass is 10.0. The Labute approximate surface area is 93.7 Å². The van der Waals surface area contributed by atoms with Crippen LogP contribution in [-0.4, -0.2) is 36.6 Å². The van der Waals surface area contributed by atoms with Crippen LogP contribution in [0.5, 0.6) is 0 Å². The molecular formula is C13H24N2. The largest absolute Gasteiger partial charge is 0.313 e. The van der Waals surface area contributed by atoms with Crippen molar-refractivity contribution in [2.75, 3.05) is 19.6 Å². The summed E-state index contributed by atoms with van der Waals surface area (Å²) in [6, 6.07) is 1.60. The Morgan fingerprint density at radius 1 is 1.33 bits per heavy atom. The minimum absolute atomic E-state index is 0.760. The highest BCUT2D eigenvalue weighted by Crippen LogP contribution is 2.21. The van der Waals surface area contributed by atoms with Crippen molar-refractivity contribution in [1.82, 2.24) is 10.2 Å². The molecule has 0 amide bonds. The molecule has 1 heterocycles. The van der Waals surface area contributed by atoms with Crippen molar-refractivity contribution in [2.24, 2.45) is 0 Å². The van der Waals surface area contributed by atoms with Crippen LogP contribution in [0.2, 0.25) is 0 Å². The number of nitrogens with zero attached hydrogens (tertiary/aromatic N) is 1. The van der Waals surface area contributed by atoms with Crippen LogP contribution in [0, 0.1) is 0 Å². The highest BCUT2D eigenvalue weighted by atomic mass is 15.2. The van der Waals surface area contributed by atoms with Crippen LogP contribution >= 0.6 is 0 Å². The van der Waals surface area contributed by atoms with Gasteiger partial charge >= 0.3 is 0 Å². The molecule has 0 aromatic rings. The fraction of sp³-hybridized carbons (Fsp3) is 0.846. The first-order valence-corrected chi connectivity index (χ1v) is 6.52. The predicted octanol–water partition coefficient (Wildman–Crippen LogP) is 2.17. The molecule has 2 aliphatic rings. The molecule has 2 unspecified atom stereocenters. The Hall–Kier alpha value is -0.340. The number of hydrogen-bond donors (Lipinski definition) is 1. The van der Waals surface area contributed by atoms with Crippen LogP contribution in [0.4, 0.5) is 0 Å². The van der Waals surface area contributed by atoms with Gasteiger partial charge in [0.2, 0.25) is 0 Å². The highest BCUT2D eigenvalue weighted by molar-refractivity contribution is 4.96. The maximum atomic E-state index is 3.64. The molecule has 1 fully saturated rings. The zero-order valence-electron chi connectivity index (χ0n) is 9.91. The van der Waals surface area contributed by atoms with Crippen LogP contribution in [0.15, 0.2) is 12.2 Å². The van der Waals surface area contributed by atoms with Gasteiger partial charge in [0.05, 0.1) is 0 Å². The van der Waals surface area contributed by atoms with E-state index in [2.05, 4.69) is 29.3 Å². The van der Waals surface area contributed by atoms with E-state index in [-0.39, 0.29) is 0 Å². The third kappa shape index (κ3) is 3.05. The third-order valence-electron chi connectivity index (χ3n) is 3.66. The number of likely N-dealkylation sites (tertiary alicyclic amines) is 1. The maximum Gasteiger partial charge on any atom is 0.0207 e. The van der Waals surface area contributed by atoms with Gasteiger partial charge in [0.25, 0.3) is 0 Å². The van der Waals surface area contributed by atoms with E-state index in [1.54, 1.807) is 0 Å². The van der Waals surface area contributed by atoms with Gasteiger partial charge in [-0.1, -0.05) is 19.1 Å². The van der Waals surface area contributed by atoms with Crippen LogP contribution in [0.1, 0.15) is 39.0 Å². The highest BCUT2D eigenvalue weighted by Gasteiger charge is 2.27. The average molecular weight is 208 g/mol. The lowest BCUT2D eigenvalue weighted by molar-refractivity contribution is 0.222. The van der Waals surface area contributed by atoms with Gasteiger partial charge in [-0.05, 0) is 38.6 Å². The van der Waals surface area contributed by atoms with Crippen molar-refractivity contribution < 1.29 is 0 Å². The van der Waals surface area contributed by atoms with Gasteiger partial charge < -0.3 is 5.32 Å². The van der Waals surface area contributed by atoms with Gasteiger partial charge in [-0.3, -0.25) is 4.90 Å². The van der Waals surface area contributed by atoms with Crippen LogP contribution < -0.4 is 5.32 Å². The van der Waals surface area contributed by atoms with Gasteiger partial charge in [0.1, 0.15) is 0 Å². The molecule has 1 aliphatic heterocycles. The van der Waals surface area contributed by atoms with E-state index in [0.29, 0.717) is 0 Å². The van der Waals surface area contributed by atoms with E-state index in [1.165, 1.54) is 51.7 Å². The number of allylic oxidation sites excluding steroid dienone is 1. The van der Waals surface area contributed by atoms with E-state index in [1.807, 2.05) is 0 Å². The molecule has 1 saturated heterocycles. The molecule has 0 bridgehead atoms. The number of nitrogens with one attached hydrogen (secondary N) is 1.